The van der Waals surface area contributed by atoms with Gasteiger partial charge in [-0.15, -0.1) is 6.42 Å². The number of nitrogen functional groups attached to an aromatic ring is 1. The quantitative estimate of drug-likeness (QED) is 0.485. The average molecular weight is 416 g/mol. The molecule has 0 amide bonds. The molecule has 3 unspecified atom stereocenters. The number of nitrogens with zero attached hydrogens (tertiary/aromatic N) is 3. The van der Waals surface area contributed by atoms with Gasteiger partial charge >= 0.3 is 7.82 Å². The Morgan fingerprint density at radius 3 is 2.82 bits per heavy atom. The van der Waals surface area contributed by atoms with Crippen LogP contribution in [-0.4, -0.2) is 56.2 Å². The number of alkyl halides is 1. The molecule has 0 aliphatic carbocycles. The fraction of sp³-hybridized carbons (Fsp3) is 0.500. The van der Waals surface area contributed by atoms with Gasteiger partial charge in [-0.2, -0.15) is 5.10 Å². The molecule has 1 aliphatic heterocycles. The molecule has 3 rings (SSSR count). The first kappa shape index (κ1) is 22.2. The number of phosphoric ester groups is 1. The van der Waals surface area contributed by atoms with E-state index in [1.165, 1.54) is 16.9 Å². The van der Waals surface area contributed by atoms with Crippen LogP contribution in [0.15, 0.2) is 18.5 Å². The van der Waals surface area contributed by atoms with Gasteiger partial charge in [-0.05, 0) is 12.1 Å². The molecule has 3 heterocycles. The van der Waals surface area contributed by atoms with Crippen molar-refractivity contribution in [1.82, 2.24) is 14.6 Å². The molecule has 10 nitrogen and oxygen atoms in total. The maximum Gasteiger partial charge on any atom is 0.472 e. The molecule has 2 aromatic heterocycles. The van der Waals surface area contributed by atoms with Gasteiger partial charge in [-0.3, -0.25) is 9.05 Å². The number of hydrogen-bond donors (Lipinski definition) is 3. The number of fused-ring (bicyclic) bond motifs is 1. The summed E-state index contributed by atoms with van der Waals surface area (Å²) in [6.45, 7) is 3.24. The van der Waals surface area contributed by atoms with Crippen LogP contribution in [0.3, 0.4) is 0 Å². The smallest absolute Gasteiger partial charge is 0.386 e. The summed E-state index contributed by atoms with van der Waals surface area (Å²) >= 11 is 0. The summed E-state index contributed by atoms with van der Waals surface area (Å²) in [4.78, 5) is 13.2. The lowest BCUT2D eigenvalue weighted by Gasteiger charge is -2.26. The van der Waals surface area contributed by atoms with E-state index in [4.69, 9.17) is 21.4 Å². The Morgan fingerprint density at radius 2 is 2.21 bits per heavy atom. The first-order valence-electron chi connectivity index (χ1n) is 8.33. The number of rotatable bonds is 5. The average Bonchev–Trinajstić information content (AvgIpc) is 3.24. The summed E-state index contributed by atoms with van der Waals surface area (Å²) in [5, 5.41) is 14.3. The van der Waals surface area contributed by atoms with Crippen LogP contribution in [0.25, 0.3) is 5.52 Å². The predicted octanol–water partition coefficient (Wildman–Crippen LogP) is 1.24. The third-order valence-corrected chi connectivity index (χ3v) is 5.04. The van der Waals surface area contributed by atoms with Gasteiger partial charge in [0.15, 0.2) is 17.6 Å². The minimum Gasteiger partial charge on any atom is -0.386 e. The number of aliphatic hydroxyl groups is 1. The van der Waals surface area contributed by atoms with Crippen molar-refractivity contribution in [3.8, 4) is 12.3 Å². The highest BCUT2D eigenvalue weighted by atomic mass is 31.2. The molecule has 12 heteroatoms. The summed E-state index contributed by atoms with van der Waals surface area (Å²) in [5.41, 5.74) is 4.39. The van der Waals surface area contributed by atoms with Gasteiger partial charge in [0, 0.05) is 7.11 Å². The number of nitrogens with two attached hydrogens (primary N) is 1. The van der Waals surface area contributed by atoms with Gasteiger partial charge in [0.1, 0.15) is 30.7 Å². The minimum atomic E-state index is -4.40. The number of terminal acetylenes is 1. The third-order valence-electron chi connectivity index (χ3n) is 4.13. The van der Waals surface area contributed by atoms with Crippen molar-refractivity contribution in [2.24, 2.45) is 0 Å². The van der Waals surface area contributed by atoms with Gasteiger partial charge in [-0.25, -0.2) is 18.5 Å². The Labute approximate surface area is 161 Å². The monoisotopic (exact) mass is 416 g/mol. The van der Waals surface area contributed by atoms with E-state index in [1.807, 2.05) is 13.8 Å². The summed E-state index contributed by atoms with van der Waals surface area (Å²) in [5.74, 6) is 2.29. The zero-order valence-electron chi connectivity index (χ0n) is 15.5. The lowest BCUT2D eigenvalue weighted by Crippen LogP contribution is -2.44. The summed E-state index contributed by atoms with van der Waals surface area (Å²) in [7, 11) is -3.45. The van der Waals surface area contributed by atoms with Crippen LogP contribution in [-0.2, 0) is 18.3 Å². The molecule has 2 aromatic rings. The van der Waals surface area contributed by atoms with Crippen LogP contribution in [0.5, 0.6) is 0 Å². The number of phosphoric acid groups is 1. The van der Waals surface area contributed by atoms with E-state index in [2.05, 4.69) is 20.5 Å². The number of anilines is 1. The molecular formula is C16H22FN4O6P. The third kappa shape index (κ3) is 3.89. The van der Waals surface area contributed by atoms with E-state index < -0.39 is 38.4 Å². The van der Waals surface area contributed by atoms with Crippen molar-refractivity contribution in [2.45, 2.75) is 37.8 Å². The van der Waals surface area contributed by atoms with Gasteiger partial charge < -0.3 is 20.5 Å². The second kappa shape index (κ2) is 8.53. The zero-order valence-corrected chi connectivity index (χ0v) is 16.4. The maximum atomic E-state index is 14.8. The van der Waals surface area contributed by atoms with E-state index in [0.29, 0.717) is 5.52 Å². The molecule has 1 fully saturated rings. The number of aliphatic hydroxyl groups excluding tert-OH is 1. The highest BCUT2D eigenvalue weighted by Crippen LogP contribution is 2.47. The molecule has 0 spiro atoms. The van der Waals surface area contributed by atoms with Crippen LogP contribution in [0.1, 0.15) is 25.6 Å². The van der Waals surface area contributed by atoms with E-state index in [9.17, 15) is 19.0 Å². The first-order chi connectivity index (χ1) is 13.2. The molecule has 154 valence electrons. The second-order valence-corrected chi connectivity index (χ2v) is 7.15. The summed E-state index contributed by atoms with van der Waals surface area (Å²) in [6, 6.07) is 3.07. The number of hydrogen-bond acceptors (Lipinski definition) is 8. The zero-order chi connectivity index (χ0) is 21.1. The Hall–Kier alpha value is -2.06. The molecule has 0 saturated carbocycles. The second-order valence-electron chi connectivity index (χ2n) is 5.59. The van der Waals surface area contributed by atoms with Crippen LogP contribution in [0, 0.1) is 12.3 Å². The lowest BCUT2D eigenvalue weighted by molar-refractivity contribution is -0.0723. The van der Waals surface area contributed by atoms with E-state index in [1.54, 1.807) is 6.07 Å². The van der Waals surface area contributed by atoms with Crippen LogP contribution >= 0.6 is 7.82 Å². The van der Waals surface area contributed by atoms with Crippen LogP contribution in [0.2, 0.25) is 0 Å². The van der Waals surface area contributed by atoms with Crippen molar-refractivity contribution in [2.75, 3.05) is 19.5 Å². The molecule has 0 radical (unpaired) electrons. The Morgan fingerprint density at radius 1 is 1.54 bits per heavy atom. The minimum absolute atomic E-state index is 0.174. The van der Waals surface area contributed by atoms with Gasteiger partial charge in [0.25, 0.3) is 0 Å². The summed E-state index contributed by atoms with van der Waals surface area (Å²) in [6.07, 6.45) is 1.49. The Kier molecular flexibility index (Phi) is 6.77. The number of aromatic nitrogens is 3. The molecule has 1 saturated heterocycles. The van der Waals surface area contributed by atoms with Crippen molar-refractivity contribution in [3.05, 3.63) is 24.2 Å². The standard InChI is InChI=1S/C14H16FN4O6P.C2H6/c1-3-14(6-24-26(21,22)23-2)12(20)10(15)11(25-14)8-4-5-9-13(16)17-7-18-19(8)9;1-2/h1,4-5,7,10-12,20H,6H2,2H3,(H,21,22)(H2,16,17,18);1-2H3/t10-,11?,12-,14?;/m0./s1. The van der Waals surface area contributed by atoms with Crippen molar-refractivity contribution in [1.29, 1.82) is 0 Å². The molecule has 28 heavy (non-hydrogen) atoms. The van der Waals surface area contributed by atoms with Gasteiger partial charge in [0.05, 0.1) is 5.69 Å². The van der Waals surface area contributed by atoms with Crippen molar-refractivity contribution < 1.29 is 32.7 Å². The Bertz CT molecular complexity index is 918. The van der Waals surface area contributed by atoms with Crippen molar-refractivity contribution in [3.63, 3.8) is 0 Å². The fourth-order valence-corrected chi connectivity index (χ4v) is 3.17. The normalized spacial score (nSPS) is 29.0. The van der Waals surface area contributed by atoms with E-state index in [0.717, 1.165) is 7.11 Å². The number of halogens is 1. The van der Waals surface area contributed by atoms with Crippen LogP contribution < -0.4 is 5.73 Å². The molecule has 0 aromatic carbocycles. The molecule has 1 aliphatic rings. The predicted molar refractivity (Wildman–Crippen MR) is 97.8 cm³/mol. The van der Waals surface area contributed by atoms with Crippen LogP contribution in [0.4, 0.5) is 10.2 Å². The van der Waals surface area contributed by atoms with E-state index >= 15 is 0 Å². The van der Waals surface area contributed by atoms with Gasteiger partial charge in [0.2, 0.25) is 0 Å². The fourth-order valence-electron chi connectivity index (χ4n) is 2.71. The first-order valence-corrected chi connectivity index (χ1v) is 9.83. The largest absolute Gasteiger partial charge is 0.472 e. The topological polar surface area (TPSA) is 141 Å². The SMILES string of the molecule is C#CC1(COP(=O)(O)OC)OC(c2ccc3c(N)ncnn23)[C@H](F)[C@@H]1O.CC. The molecule has 4 N–H and O–H groups in total. The van der Waals surface area contributed by atoms with Crippen molar-refractivity contribution >= 4 is 19.2 Å². The highest BCUT2D eigenvalue weighted by molar-refractivity contribution is 7.47. The van der Waals surface area contributed by atoms with Gasteiger partial charge in [-0.1, -0.05) is 19.8 Å². The lowest BCUT2D eigenvalue weighted by atomic mass is 9.96. The Balaban J connectivity index is 0.00000136. The number of ether oxygens (including phenoxy) is 1. The maximum absolute atomic E-state index is 14.8. The molecule has 5 atom stereocenters. The molecule has 0 bridgehead atoms. The summed E-state index contributed by atoms with van der Waals surface area (Å²) < 4.78 is 42.1. The molecular weight excluding hydrogens is 394 g/mol. The highest BCUT2D eigenvalue weighted by Gasteiger charge is 2.56. The van der Waals surface area contributed by atoms with E-state index in [-0.39, 0.29) is 11.5 Å².